The van der Waals surface area contributed by atoms with Crippen LogP contribution in [-0.2, 0) is 16.4 Å². The molecule has 0 unspecified atom stereocenters. The maximum absolute atomic E-state index is 12.3. The Morgan fingerprint density at radius 3 is 2.70 bits per heavy atom. The van der Waals surface area contributed by atoms with E-state index < -0.39 is 10.0 Å². The van der Waals surface area contributed by atoms with Crippen molar-refractivity contribution in [1.82, 2.24) is 4.98 Å². The quantitative estimate of drug-likeness (QED) is 0.652. The number of nitrogen functional groups attached to an aromatic ring is 1. The van der Waals surface area contributed by atoms with Crippen LogP contribution in [0.2, 0.25) is 0 Å². The number of aryl methyl sites for hydroxylation is 1. The van der Waals surface area contributed by atoms with E-state index in [2.05, 4.69) is 25.6 Å². The van der Waals surface area contributed by atoms with Crippen LogP contribution in [0.15, 0.2) is 46.0 Å². The van der Waals surface area contributed by atoms with E-state index in [1.807, 2.05) is 6.92 Å². The summed E-state index contributed by atoms with van der Waals surface area (Å²) in [5, 5.41) is 0. The second-order valence-corrected chi connectivity index (χ2v) is 6.59. The van der Waals surface area contributed by atoms with Crippen LogP contribution in [0.25, 0.3) is 0 Å². The van der Waals surface area contributed by atoms with Gasteiger partial charge in [-0.3, -0.25) is 4.72 Å². The van der Waals surface area contributed by atoms with Gasteiger partial charge in [-0.25, -0.2) is 13.4 Å². The summed E-state index contributed by atoms with van der Waals surface area (Å²) in [6.07, 6.45) is 2.32. The van der Waals surface area contributed by atoms with Crippen molar-refractivity contribution in [2.24, 2.45) is 0 Å². The highest BCUT2D eigenvalue weighted by Gasteiger charge is 2.16. The van der Waals surface area contributed by atoms with Gasteiger partial charge >= 0.3 is 0 Å². The maximum atomic E-state index is 12.3. The van der Waals surface area contributed by atoms with Crippen LogP contribution in [0, 0.1) is 0 Å². The van der Waals surface area contributed by atoms with Crippen LogP contribution >= 0.6 is 15.9 Å². The summed E-state index contributed by atoms with van der Waals surface area (Å²) in [5.74, 6) is 0. The molecule has 2 rings (SSSR count). The summed E-state index contributed by atoms with van der Waals surface area (Å²) in [7, 11) is -3.68. The standard InChI is InChI=1S/C13H14BrN3O2S/c1-2-9-5-6-10(8-11(9)15)20(18,19)17-12-4-3-7-16-13(12)14/h3-8,17H,2,15H2,1H3. The molecular weight excluding hydrogens is 342 g/mol. The van der Waals surface area contributed by atoms with Crippen molar-refractivity contribution in [2.75, 3.05) is 10.5 Å². The zero-order valence-electron chi connectivity index (χ0n) is 10.8. The van der Waals surface area contributed by atoms with Gasteiger partial charge in [0.05, 0.1) is 10.6 Å². The highest BCUT2D eigenvalue weighted by molar-refractivity contribution is 9.10. The van der Waals surface area contributed by atoms with Crippen LogP contribution in [0.4, 0.5) is 11.4 Å². The highest BCUT2D eigenvalue weighted by atomic mass is 79.9. The summed E-state index contributed by atoms with van der Waals surface area (Å²) < 4.78 is 27.5. The molecule has 106 valence electrons. The number of pyridine rings is 1. The van der Waals surface area contributed by atoms with Gasteiger partial charge in [0.15, 0.2) is 0 Å². The Balaban J connectivity index is 2.36. The number of aromatic nitrogens is 1. The number of halogens is 1. The molecule has 0 aliphatic rings. The van der Waals surface area contributed by atoms with Gasteiger partial charge in [0.25, 0.3) is 10.0 Å². The molecule has 0 amide bonds. The maximum Gasteiger partial charge on any atom is 0.262 e. The first-order chi connectivity index (χ1) is 9.44. The largest absolute Gasteiger partial charge is 0.398 e. The van der Waals surface area contributed by atoms with E-state index in [-0.39, 0.29) is 4.90 Å². The van der Waals surface area contributed by atoms with Gasteiger partial charge in [-0.05, 0) is 52.2 Å². The molecule has 3 N–H and O–H groups in total. The van der Waals surface area contributed by atoms with Crippen molar-refractivity contribution in [1.29, 1.82) is 0 Å². The molecule has 0 saturated heterocycles. The number of benzene rings is 1. The van der Waals surface area contributed by atoms with E-state index in [4.69, 9.17) is 5.73 Å². The Morgan fingerprint density at radius 2 is 2.10 bits per heavy atom. The minimum absolute atomic E-state index is 0.128. The molecule has 20 heavy (non-hydrogen) atoms. The molecule has 0 aliphatic carbocycles. The van der Waals surface area contributed by atoms with E-state index in [0.29, 0.717) is 16.0 Å². The van der Waals surface area contributed by atoms with E-state index >= 15 is 0 Å². The average molecular weight is 356 g/mol. The Kier molecular flexibility index (Phi) is 4.29. The zero-order chi connectivity index (χ0) is 14.8. The predicted octanol–water partition coefficient (Wildman–Crippen LogP) is 2.79. The fourth-order valence-corrected chi connectivity index (χ4v) is 3.31. The van der Waals surface area contributed by atoms with Crippen molar-refractivity contribution in [3.8, 4) is 0 Å². The Morgan fingerprint density at radius 1 is 1.35 bits per heavy atom. The lowest BCUT2D eigenvalue weighted by atomic mass is 10.1. The molecule has 0 saturated carbocycles. The van der Waals surface area contributed by atoms with Crippen LogP contribution in [0.3, 0.4) is 0 Å². The number of nitrogens with two attached hydrogens (primary N) is 1. The second kappa shape index (κ2) is 5.80. The van der Waals surface area contributed by atoms with Crippen molar-refractivity contribution in [2.45, 2.75) is 18.2 Å². The third-order valence-electron chi connectivity index (χ3n) is 2.81. The van der Waals surface area contributed by atoms with E-state index in [1.54, 1.807) is 30.5 Å². The lowest BCUT2D eigenvalue weighted by molar-refractivity contribution is 0.601. The van der Waals surface area contributed by atoms with Gasteiger partial charge < -0.3 is 5.73 Å². The number of anilines is 2. The lowest BCUT2D eigenvalue weighted by Gasteiger charge is -2.11. The van der Waals surface area contributed by atoms with Crippen LogP contribution < -0.4 is 10.5 Å². The van der Waals surface area contributed by atoms with Crippen molar-refractivity contribution >= 4 is 37.3 Å². The first-order valence-electron chi connectivity index (χ1n) is 5.96. The number of rotatable bonds is 4. The third kappa shape index (κ3) is 3.10. The predicted molar refractivity (Wildman–Crippen MR) is 83.0 cm³/mol. The molecule has 0 aliphatic heterocycles. The molecular formula is C13H14BrN3O2S. The van der Waals surface area contributed by atoms with Crippen molar-refractivity contribution in [3.63, 3.8) is 0 Å². The Bertz CT molecular complexity index is 732. The van der Waals surface area contributed by atoms with Crippen LogP contribution in [0.1, 0.15) is 12.5 Å². The summed E-state index contributed by atoms with van der Waals surface area (Å²) in [6, 6.07) is 8.00. The number of hydrogen-bond donors (Lipinski definition) is 2. The minimum Gasteiger partial charge on any atom is -0.398 e. The SMILES string of the molecule is CCc1ccc(S(=O)(=O)Nc2cccnc2Br)cc1N. The topological polar surface area (TPSA) is 85.1 Å². The average Bonchev–Trinajstić information content (AvgIpc) is 2.41. The first kappa shape index (κ1) is 14.8. The van der Waals surface area contributed by atoms with Gasteiger partial charge in [-0.2, -0.15) is 0 Å². The fraction of sp³-hybridized carbons (Fsp3) is 0.154. The molecule has 2 aromatic rings. The molecule has 0 atom stereocenters. The van der Waals surface area contributed by atoms with Gasteiger partial charge in [0.2, 0.25) is 0 Å². The minimum atomic E-state index is -3.68. The van der Waals surface area contributed by atoms with Gasteiger partial charge in [-0.15, -0.1) is 0 Å². The monoisotopic (exact) mass is 355 g/mol. The zero-order valence-corrected chi connectivity index (χ0v) is 13.2. The van der Waals surface area contributed by atoms with Gasteiger partial charge in [0, 0.05) is 11.9 Å². The fourth-order valence-electron chi connectivity index (χ4n) is 1.73. The van der Waals surface area contributed by atoms with Crippen molar-refractivity contribution < 1.29 is 8.42 Å². The molecule has 1 heterocycles. The van der Waals surface area contributed by atoms with E-state index in [1.165, 1.54) is 6.07 Å². The Hall–Kier alpha value is -1.60. The lowest BCUT2D eigenvalue weighted by Crippen LogP contribution is -2.14. The van der Waals surface area contributed by atoms with Crippen LogP contribution in [0.5, 0.6) is 0 Å². The molecule has 0 spiro atoms. The molecule has 7 heteroatoms. The molecule has 1 aromatic heterocycles. The number of nitrogens with zero attached hydrogens (tertiary/aromatic N) is 1. The molecule has 1 aromatic carbocycles. The third-order valence-corrected chi connectivity index (χ3v) is 4.81. The first-order valence-corrected chi connectivity index (χ1v) is 8.23. The van der Waals surface area contributed by atoms with Crippen LogP contribution in [-0.4, -0.2) is 13.4 Å². The van der Waals surface area contributed by atoms with Crippen molar-refractivity contribution in [3.05, 3.63) is 46.7 Å². The normalized spacial score (nSPS) is 11.3. The molecule has 0 fully saturated rings. The van der Waals surface area contributed by atoms with E-state index in [9.17, 15) is 8.42 Å². The molecule has 0 radical (unpaired) electrons. The molecule has 5 nitrogen and oxygen atoms in total. The number of sulfonamides is 1. The second-order valence-electron chi connectivity index (χ2n) is 4.16. The summed E-state index contributed by atoms with van der Waals surface area (Å²) in [4.78, 5) is 4.09. The molecule has 0 bridgehead atoms. The Labute approximate surface area is 126 Å². The van der Waals surface area contributed by atoms with E-state index in [0.717, 1.165) is 12.0 Å². The number of nitrogens with one attached hydrogen (secondary N) is 1. The summed E-state index contributed by atoms with van der Waals surface area (Å²) in [6.45, 7) is 1.96. The summed E-state index contributed by atoms with van der Waals surface area (Å²) in [5.41, 5.74) is 7.61. The smallest absolute Gasteiger partial charge is 0.262 e. The summed E-state index contributed by atoms with van der Waals surface area (Å²) >= 11 is 3.20. The van der Waals surface area contributed by atoms with Gasteiger partial charge in [0.1, 0.15) is 4.60 Å². The van der Waals surface area contributed by atoms with Gasteiger partial charge in [-0.1, -0.05) is 13.0 Å². The number of hydrogen-bond acceptors (Lipinski definition) is 4. The highest BCUT2D eigenvalue weighted by Crippen LogP contribution is 2.24.